The molecule has 0 amide bonds. The van der Waals surface area contributed by atoms with Crippen LogP contribution in [0.2, 0.25) is 0 Å². The van der Waals surface area contributed by atoms with Gasteiger partial charge in [-0.2, -0.15) is 13.2 Å². The van der Waals surface area contributed by atoms with Crippen molar-refractivity contribution in [3.63, 3.8) is 0 Å². The van der Waals surface area contributed by atoms with Crippen molar-refractivity contribution in [2.75, 3.05) is 19.6 Å². The lowest BCUT2D eigenvalue weighted by Gasteiger charge is -2.45. The van der Waals surface area contributed by atoms with Gasteiger partial charge < -0.3 is 5.32 Å². The summed E-state index contributed by atoms with van der Waals surface area (Å²) in [6.45, 7) is 1.77. The fraction of sp³-hybridized carbons (Fsp3) is 0.556. The predicted octanol–water partition coefficient (Wildman–Crippen LogP) is 2.57. The fourth-order valence-corrected chi connectivity index (χ4v) is 4.37. The van der Waals surface area contributed by atoms with Gasteiger partial charge in [0.05, 0.1) is 5.56 Å². The average molecular weight is 384 g/mol. The van der Waals surface area contributed by atoms with E-state index in [2.05, 4.69) is 10.3 Å². The van der Waals surface area contributed by atoms with Gasteiger partial charge in [0.25, 0.3) is 5.56 Å². The number of hydrogen-bond acceptors (Lipinski definition) is 4. The molecule has 1 N–H and O–H groups in total. The highest BCUT2D eigenvalue weighted by Crippen LogP contribution is 2.38. The van der Waals surface area contributed by atoms with Crippen LogP contribution in [-0.2, 0) is 12.7 Å². The van der Waals surface area contributed by atoms with Crippen LogP contribution in [0.15, 0.2) is 23.1 Å². The van der Waals surface area contributed by atoms with Gasteiger partial charge in [-0.3, -0.25) is 14.1 Å². The number of nitrogens with one attached hydrogen (secondary N) is 1. The van der Waals surface area contributed by atoms with E-state index in [0.717, 1.165) is 48.4 Å². The summed E-state index contributed by atoms with van der Waals surface area (Å²) in [7, 11) is 0. The highest BCUT2D eigenvalue weighted by Gasteiger charge is 2.43. The van der Waals surface area contributed by atoms with E-state index in [-0.39, 0.29) is 17.7 Å². The number of piperazine rings is 1. The molecule has 2 aromatic heterocycles. The number of halogens is 4. The third kappa shape index (κ3) is 3.23. The zero-order valence-electron chi connectivity index (χ0n) is 14.7. The van der Waals surface area contributed by atoms with Crippen LogP contribution >= 0.6 is 0 Å². The van der Waals surface area contributed by atoms with Crippen LogP contribution in [0, 0.1) is 5.82 Å². The quantitative estimate of drug-likeness (QED) is 0.809. The summed E-state index contributed by atoms with van der Waals surface area (Å²) in [5.41, 5.74) is -2.90. The predicted molar refractivity (Wildman–Crippen MR) is 90.9 cm³/mol. The third-order valence-electron chi connectivity index (χ3n) is 5.72. The minimum absolute atomic E-state index is 0.137. The van der Waals surface area contributed by atoms with Gasteiger partial charge in [0.15, 0.2) is 5.69 Å². The van der Waals surface area contributed by atoms with Gasteiger partial charge in [0, 0.05) is 37.9 Å². The van der Waals surface area contributed by atoms with Gasteiger partial charge in [-0.1, -0.05) is 12.8 Å². The Bertz CT molecular complexity index is 918. The van der Waals surface area contributed by atoms with Gasteiger partial charge in [-0.25, -0.2) is 9.37 Å². The van der Waals surface area contributed by atoms with E-state index in [4.69, 9.17) is 0 Å². The number of fused-ring (bicyclic) bond motifs is 1. The third-order valence-corrected chi connectivity index (χ3v) is 5.72. The summed E-state index contributed by atoms with van der Waals surface area (Å²) in [4.78, 5) is 18.5. The van der Waals surface area contributed by atoms with E-state index in [1.165, 1.54) is 0 Å². The lowest BCUT2D eigenvalue weighted by molar-refractivity contribution is -0.142. The summed E-state index contributed by atoms with van der Waals surface area (Å²) >= 11 is 0. The molecule has 146 valence electrons. The molecule has 1 aliphatic heterocycles. The molecule has 1 spiro atoms. The number of hydrogen-bond donors (Lipinski definition) is 1. The second-order valence-corrected chi connectivity index (χ2v) is 7.35. The van der Waals surface area contributed by atoms with Crippen molar-refractivity contribution in [1.82, 2.24) is 19.6 Å². The smallest absolute Gasteiger partial charge is 0.314 e. The van der Waals surface area contributed by atoms with Gasteiger partial charge >= 0.3 is 6.18 Å². The Labute approximate surface area is 153 Å². The van der Waals surface area contributed by atoms with Crippen molar-refractivity contribution < 1.29 is 17.6 Å². The molecule has 0 unspecified atom stereocenters. The average Bonchev–Trinajstić information content (AvgIpc) is 3.07. The zero-order chi connectivity index (χ0) is 19.2. The molecule has 5 nitrogen and oxygen atoms in total. The molecule has 27 heavy (non-hydrogen) atoms. The lowest BCUT2D eigenvalue weighted by atomic mass is 9.92. The number of nitrogens with zero attached hydrogens (tertiary/aromatic N) is 3. The van der Waals surface area contributed by atoms with Crippen molar-refractivity contribution in [1.29, 1.82) is 0 Å². The molecule has 2 fully saturated rings. The Balaban J connectivity index is 1.84. The molecule has 1 saturated heterocycles. The lowest BCUT2D eigenvalue weighted by Crippen LogP contribution is -2.59. The normalized spacial score (nSPS) is 20.6. The minimum atomic E-state index is -4.76. The van der Waals surface area contributed by atoms with Gasteiger partial charge in [-0.05, 0) is 25.0 Å². The zero-order valence-corrected chi connectivity index (χ0v) is 14.7. The van der Waals surface area contributed by atoms with Gasteiger partial charge in [-0.15, -0.1) is 0 Å². The number of alkyl halides is 3. The topological polar surface area (TPSA) is 49.6 Å². The molecule has 9 heteroatoms. The van der Waals surface area contributed by atoms with Crippen LogP contribution in [-0.4, -0.2) is 39.5 Å². The highest BCUT2D eigenvalue weighted by atomic mass is 19.4. The maximum absolute atomic E-state index is 13.6. The minimum Gasteiger partial charge on any atom is -0.314 e. The molecule has 2 aromatic rings. The van der Waals surface area contributed by atoms with E-state index in [1.807, 2.05) is 4.90 Å². The molecule has 4 rings (SSSR count). The van der Waals surface area contributed by atoms with Crippen LogP contribution in [0.5, 0.6) is 0 Å². The van der Waals surface area contributed by atoms with Crippen molar-refractivity contribution in [2.45, 2.75) is 43.9 Å². The molecular weight excluding hydrogens is 364 g/mol. The van der Waals surface area contributed by atoms with Crippen molar-refractivity contribution >= 4 is 5.65 Å². The fourth-order valence-electron chi connectivity index (χ4n) is 4.37. The Hall–Kier alpha value is -2.00. The van der Waals surface area contributed by atoms with Crippen molar-refractivity contribution in [2.24, 2.45) is 0 Å². The molecule has 0 radical (unpaired) electrons. The van der Waals surface area contributed by atoms with Gasteiger partial charge in [0.2, 0.25) is 0 Å². The Morgan fingerprint density at radius 1 is 1.22 bits per heavy atom. The first-order valence-corrected chi connectivity index (χ1v) is 9.04. The van der Waals surface area contributed by atoms with E-state index < -0.39 is 28.8 Å². The first-order chi connectivity index (χ1) is 12.8. The molecule has 0 atom stereocenters. The Morgan fingerprint density at radius 2 is 1.96 bits per heavy atom. The summed E-state index contributed by atoms with van der Waals surface area (Å²) < 4.78 is 55.3. The summed E-state index contributed by atoms with van der Waals surface area (Å²) in [6, 6.07) is 2.07. The highest BCUT2D eigenvalue weighted by molar-refractivity contribution is 5.41. The second kappa shape index (κ2) is 6.56. The van der Waals surface area contributed by atoms with Gasteiger partial charge in [0.1, 0.15) is 11.5 Å². The molecule has 3 heterocycles. The Kier molecular flexibility index (Phi) is 4.46. The largest absolute Gasteiger partial charge is 0.433 e. The maximum atomic E-state index is 13.6. The molecule has 2 aliphatic rings. The summed E-state index contributed by atoms with van der Waals surface area (Å²) in [5.74, 6) is -0.702. The van der Waals surface area contributed by atoms with E-state index in [0.29, 0.717) is 19.6 Å². The van der Waals surface area contributed by atoms with E-state index >= 15 is 0 Å². The molecule has 0 bridgehead atoms. The first kappa shape index (κ1) is 18.4. The Morgan fingerprint density at radius 3 is 2.67 bits per heavy atom. The number of aromatic nitrogens is 2. The van der Waals surface area contributed by atoms with Crippen LogP contribution in [0.4, 0.5) is 17.6 Å². The van der Waals surface area contributed by atoms with Crippen molar-refractivity contribution in [3.05, 3.63) is 45.8 Å². The standard InChI is InChI=1S/C18H20F4N4O/c19-12-3-4-14-24-15(18(20,21)22)13(16(27)26(14)9-12)10-25-8-7-23-11-17(25)5-1-2-6-17/h3-4,9,23H,1-2,5-8,10-11H2. The second-order valence-electron chi connectivity index (χ2n) is 7.35. The molecule has 1 saturated carbocycles. The van der Waals surface area contributed by atoms with Crippen LogP contribution in [0.1, 0.15) is 36.9 Å². The number of pyridine rings is 1. The summed E-state index contributed by atoms with van der Waals surface area (Å²) in [5, 5.41) is 3.32. The monoisotopic (exact) mass is 384 g/mol. The maximum Gasteiger partial charge on any atom is 0.433 e. The van der Waals surface area contributed by atoms with E-state index in [1.54, 1.807) is 0 Å². The van der Waals surface area contributed by atoms with Crippen LogP contribution in [0.25, 0.3) is 5.65 Å². The molecule has 0 aromatic carbocycles. The first-order valence-electron chi connectivity index (χ1n) is 9.04. The van der Waals surface area contributed by atoms with Crippen molar-refractivity contribution in [3.8, 4) is 0 Å². The van der Waals surface area contributed by atoms with E-state index in [9.17, 15) is 22.4 Å². The molecular formula is C18H20F4N4O. The van der Waals surface area contributed by atoms with Crippen LogP contribution in [0.3, 0.4) is 0 Å². The van der Waals surface area contributed by atoms with Crippen LogP contribution < -0.4 is 10.9 Å². The molecule has 1 aliphatic carbocycles. The SMILES string of the molecule is O=c1c(CN2CCNCC23CCCC3)c(C(F)(F)F)nc2ccc(F)cn12. The number of rotatable bonds is 2. The summed E-state index contributed by atoms with van der Waals surface area (Å²) in [6.07, 6.45) is -0.0580.